The van der Waals surface area contributed by atoms with Crippen LogP contribution < -0.4 is 9.64 Å². The molecule has 0 spiro atoms. The van der Waals surface area contributed by atoms with Crippen molar-refractivity contribution in [2.45, 2.75) is 6.54 Å². The van der Waals surface area contributed by atoms with Gasteiger partial charge in [-0.2, -0.15) is 0 Å². The summed E-state index contributed by atoms with van der Waals surface area (Å²) in [5.74, 6) is 1.17. The minimum Gasteiger partial charge on any atom is -0.508 e. The average molecular weight is 382 g/mol. The van der Waals surface area contributed by atoms with Gasteiger partial charge in [-0.05, 0) is 36.4 Å². The van der Waals surface area contributed by atoms with Gasteiger partial charge >= 0.3 is 0 Å². The van der Waals surface area contributed by atoms with E-state index in [1.807, 2.05) is 30.3 Å². The van der Waals surface area contributed by atoms with Gasteiger partial charge in [0, 0.05) is 43.8 Å². The number of aromatic hydroxyl groups is 1. The van der Waals surface area contributed by atoms with Crippen LogP contribution in [0.2, 0.25) is 0 Å². The quantitative estimate of drug-likeness (QED) is 0.728. The molecule has 1 N–H and O–H groups in total. The molecule has 2 heterocycles. The zero-order valence-corrected chi connectivity index (χ0v) is 16.2. The maximum Gasteiger partial charge on any atom is 0.129 e. The summed E-state index contributed by atoms with van der Waals surface area (Å²) in [7, 11) is 1.70. The van der Waals surface area contributed by atoms with Crippen molar-refractivity contribution in [2.75, 3.05) is 38.2 Å². The van der Waals surface area contributed by atoms with E-state index in [9.17, 15) is 5.11 Å². The van der Waals surface area contributed by atoms with Gasteiger partial charge in [-0.1, -0.05) is 12.1 Å². The highest BCUT2D eigenvalue weighted by Gasteiger charge is 2.19. The average Bonchev–Trinajstić information content (AvgIpc) is 3.17. The molecule has 0 amide bonds. The van der Waals surface area contributed by atoms with Crippen LogP contribution in [0.3, 0.4) is 0 Å². The van der Waals surface area contributed by atoms with Crippen LogP contribution in [0.25, 0.3) is 10.6 Å². The van der Waals surface area contributed by atoms with Gasteiger partial charge in [0.15, 0.2) is 0 Å². The van der Waals surface area contributed by atoms with Gasteiger partial charge in [0.2, 0.25) is 0 Å². The first kappa shape index (κ1) is 17.8. The number of benzene rings is 2. The molecule has 1 fully saturated rings. The molecule has 0 radical (unpaired) electrons. The molecule has 140 valence electrons. The highest BCUT2D eigenvalue weighted by Crippen LogP contribution is 2.32. The SMILES string of the molecule is COc1ccccc1-c1nc(CN2CCN(c3ccc(O)cc3)CC2)cs1. The number of para-hydroxylation sites is 1. The van der Waals surface area contributed by atoms with Gasteiger partial charge in [-0.25, -0.2) is 4.98 Å². The molecule has 1 saturated heterocycles. The van der Waals surface area contributed by atoms with E-state index in [4.69, 9.17) is 9.72 Å². The Bertz CT molecular complexity index is 886. The van der Waals surface area contributed by atoms with Crippen LogP contribution >= 0.6 is 11.3 Å². The Balaban J connectivity index is 1.37. The number of rotatable bonds is 5. The van der Waals surface area contributed by atoms with E-state index >= 15 is 0 Å². The second kappa shape index (κ2) is 7.98. The zero-order valence-electron chi connectivity index (χ0n) is 15.3. The third-order valence-electron chi connectivity index (χ3n) is 4.86. The number of hydrogen-bond acceptors (Lipinski definition) is 6. The van der Waals surface area contributed by atoms with E-state index in [0.29, 0.717) is 5.75 Å². The Morgan fingerprint density at radius 2 is 1.78 bits per heavy atom. The predicted octanol–water partition coefficient (Wildman–Crippen LogP) is 3.85. The smallest absolute Gasteiger partial charge is 0.129 e. The van der Waals surface area contributed by atoms with Crippen molar-refractivity contribution >= 4 is 17.0 Å². The minimum absolute atomic E-state index is 0.312. The van der Waals surface area contributed by atoms with E-state index < -0.39 is 0 Å². The lowest BCUT2D eigenvalue weighted by molar-refractivity contribution is 0.247. The van der Waals surface area contributed by atoms with Crippen LogP contribution in [0.4, 0.5) is 5.69 Å². The third kappa shape index (κ3) is 4.07. The fourth-order valence-corrected chi connectivity index (χ4v) is 4.22. The maximum atomic E-state index is 9.44. The van der Waals surface area contributed by atoms with E-state index in [2.05, 4.69) is 21.2 Å². The lowest BCUT2D eigenvalue weighted by Crippen LogP contribution is -2.46. The van der Waals surface area contributed by atoms with Crippen LogP contribution in [0.5, 0.6) is 11.5 Å². The number of phenolic OH excluding ortho intramolecular Hbond substituents is 1. The Morgan fingerprint density at radius 1 is 1.04 bits per heavy atom. The van der Waals surface area contributed by atoms with Crippen molar-refractivity contribution < 1.29 is 9.84 Å². The van der Waals surface area contributed by atoms with Gasteiger partial charge in [0.25, 0.3) is 0 Å². The van der Waals surface area contributed by atoms with Gasteiger partial charge in [-0.3, -0.25) is 4.90 Å². The van der Waals surface area contributed by atoms with Crippen LogP contribution in [-0.4, -0.2) is 48.3 Å². The summed E-state index contributed by atoms with van der Waals surface area (Å²) in [6, 6.07) is 15.5. The van der Waals surface area contributed by atoms with Crippen LogP contribution in [0.15, 0.2) is 53.9 Å². The van der Waals surface area contributed by atoms with E-state index in [1.54, 1.807) is 30.6 Å². The topological polar surface area (TPSA) is 48.8 Å². The molecule has 0 unspecified atom stereocenters. The van der Waals surface area contributed by atoms with Crippen molar-refractivity contribution in [1.82, 2.24) is 9.88 Å². The van der Waals surface area contributed by atoms with Gasteiger partial charge in [0.05, 0.1) is 18.4 Å². The number of hydrogen-bond donors (Lipinski definition) is 1. The summed E-state index contributed by atoms with van der Waals surface area (Å²) >= 11 is 1.67. The molecule has 6 heteroatoms. The first-order chi connectivity index (χ1) is 13.2. The number of phenols is 1. The van der Waals surface area contributed by atoms with Crippen LogP contribution in [-0.2, 0) is 6.54 Å². The first-order valence-corrected chi connectivity index (χ1v) is 9.95. The summed E-state index contributed by atoms with van der Waals surface area (Å²) < 4.78 is 5.46. The molecule has 5 nitrogen and oxygen atoms in total. The minimum atomic E-state index is 0.312. The zero-order chi connectivity index (χ0) is 18.6. The molecule has 0 atom stereocenters. The molecule has 1 aromatic heterocycles. The van der Waals surface area contributed by atoms with Crippen molar-refractivity contribution in [3.8, 4) is 22.1 Å². The lowest BCUT2D eigenvalue weighted by Gasteiger charge is -2.35. The molecule has 1 aliphatic heterocycles. The summed E-state index contributed by atoms with van der Waals surface area (Å²) in [6.45, 7) is 4.84. The highest BCUT2D eigenvalue weighted by atomic mass is 32.1. The molecule has 3 aromatic rings. The number of thiazole rings is 1. The number of anilines is 1. The van der Waals surface area contributed by atoms with E-state index in [0.717, 1.165) is 54.7 Å². The maximum absolute atomic E-state index is 9.44. The Hall–Kier alpha value is -2.57. The predicted molar refractivity (Wildman–Crippen MR) is 110 cm³/mol. The van der Waals surface area contributed by atoms with Crippen molar-refractivity contribution in [3.63, 3.8) is 0 Å². The molecule has 0 bridgehead atoms. The summed E-state index contributed by atoms with van der Waals surface area (Å²) in [5, 5.41) is 12.6. The third-order valence-corrected chi connectivity index (χ3v) is 5.79. The Labute approximate surface area is 163 Å². The fourth-order valence-electron chi connectivity index (χ4n) is 3.38. The van der Waals surface area contributed by atoms with E-state index in [1.165, 1.54) is 5.69 Å². The largest absolute Gasteiger partial charge is 0.508 e. The van der Waals surface area contributed by atoms with Crippen molar-refractivity contribution in [1.29, 1.82) is 0 Å². The van der Waals surface area contributed by atoms with Gasteiger partial charge in [0.1, 0.15) is 16.5 Å². The van der Waals surface area contributed by atoms with Crippen LogP contribution in [0, 0.1) is 0 Å². The highest BCUT2D eigenvalue weighted by molar-refractivity contribution is 7.13. The molecular formula is C21H23N3O2S. The number of aromatic nitrogens is 1. The number of methoxy groups -OCH3 is 1. The summed E-state index contributed by atoms with van der Waals surface area (Å²) in [4.78, 5) is 9.63. The summed E-state index contributed by atoms with van der Waals surface area (Å²) in [5.41, 5.74) is 3.33. The molecule has 27 heavy (non-hydrogen) atoms. The first-order valence-electron chi connectivity index (χ1n) is 9.07. The van der Waals surface area contributed by atoms with Gasteiger partial charge < -0.3 is 14.7 Å². The Morgan fingerprint density at radius 3 is 2.52 bits per heavy atom. The fraction of sp³-hybridized carbons (Fsp3) is 0.286. The molecular weight excluding hydrogens is 358 g/mol. The standard InChI is InChI=1S/C21H23N3O2S/c1-26-20-5-3-2-4-19(20)21-22-16(15-27-21)14-23-10-12-24(13-11-23)17-6-8-18(25)9-7-17/h2-9,15,25H,10-14H2,1H3. The number of ether oxygens (including phenoxy) is 1. The molecule has 2 aromatic carbocycles. The number of nitrogens with zero attached hydrogens (tertiary/aromatic N) is 3. The van der Waals surface area contributed by atoms with Crippen molar-refractivity contribution in [2.24, 2.45) is 0 Å². The van der Waals surface area contributed by atoms with Crippen LogP contribution in [0.1, 0.15) is 5.69 Å². The molecule has 0 aliphatic carbocycles. The van der Waals surface area contributed by atoms with Gasteiger partial charge in [-0.15, -0.1) is 11.3 Å². The lowest BCUT2D eigenvalue weighted by atomic mass is 10.2. The second-order valence-corrected chi connectivity index (χ2v) is 7.48. The monoisotopic (exact) mass is 381 g/mol. The summed E-state index contributed by atoms with van der Waals surface area (Å²) in [6.07, 6.45) is 0. The Kier molecular flexibility index (Phi) is 5.27. The molecule has 1 aliphatic rings. The molecule has 0 saturated carbocycles. The normalized spacial score (nSPS) is 15.1. The van der Waals surface area contributed by atoms with E-state index in [-0.39, 0.29) is 0 Å². The second-order valence-electron chi connectivity index (χ2n) is 6.62. The number of piperazine rings is 1. The van der Waals surface area contributed by atoms with Crippen molar-refractivity contribution in [3.05, 3.63) is 59.6 Å². The molecule has 4 rings (SSSR count).